The van der Waals surface area contributed by atoms with E-state index in [9.17, 15) is 0 Å². The van der Waals surface area contributed by atoms with E-state index in [1.165, 1.54) is 10.8 Å². The molecular weight excluding hydrogens is 226 g/mol. The van der Waals surface area contributed by atoms with Crippen molar-refractivity contribution >= 4 is 10.8 Å². The van der Waals surface area contributed by atoms with E-state index in [1.54, 1.807) is 0 Å². The molecule has 0 unspecified atom stereocenters. The Bertz CT molecular complexity index is 485. The molecule has 0 saturated carbocycles. The van der Waals surface area contributed by atoms with E-state index in [1.807, 2.05) is 18.2 Å². The predicted molar refractivity (Wildman–Crippen MR) is 73.9 cm³/mol. The fourth-order valence-corrected chi connectivity index (χ4v) is 1.76. The lowest BCUT2D eigenvalue weighted by Crippen LogP contribution is -2.10. The zero-order valence-electron chi connectivity index (χ0n) is 10.5. The second-order valence-corrected chi connectivity index (χ2v) is 4.11. The molecule has 0 aliphatic rings. The van der Waals surface area contributed by atoms with Gasteiger partial charge in [-0.3, -0.25) is 0 Å². The molecule has 3 nitrogen and oxygen atoms in total. The molecule has 18 heavy (non-hydrogen) atoms. The summed E-state index contributed by atoms with van der Waals surface area (Å²) in [5.74, 6) is 0.885. The zero-order chi connectivity index (χ0) is 12.6. The van der Waals surface area contributed by atoms with Crippen molar-refractivity contribution in [2.45, 2.75) is 6.42 Å². The fraction of sp³-hybridized carbons (Fsp3) is 0.333. The molecule has 0 fully saturated rings. The Hall–Kier alpha value is -1.58. The first-order valence-electron chi connectivity index (χ1n) is 6.29. The highest BCUT2D eigenvalue weighted by Crippen LogP contribution is 2.20. The lowest BCUT2D eigenvalue weighted by molar-refractivity contribution is 0.0995. The van der Waals surface area contributed by atoms with Crippen molar-refractivity contribution in [3.8, 4) is 5.75 Å². The van der Waals surface area contributed by atoms with Gasteiger partial charge in [0.2, 0.25) is 0 Å². The normalized spacial score (nSPS) is 10.7. The van der Waals surface area contributed by atoms with Crippen molar-refractivity contribution in [3.63, 3.8) is 0 Å². The van der Waals surface area contributed by atoms with Gasteiger partial charge in [0, 0.05) is 6.61 Å². The Kier molecular flexibility index (Phi) is 5.00. The molecule has 96 valence electrons. The fourth-order valence-electron chi connectivity index (χ4n) is 1.76. The largest absolute Gasteiger partial charge is 0.491 e. The highest BCUT2D eigenvalue weighted by atomic mass is 16.5. The van der Waals surface area contributed by atoms with Crippen LogP contribution in [-0.2, 0) is 4.74 Å². The molecule has 0 aromatic heterocycles. The highest BCUT2D eigenvalue weighted by molar-refractivity contribution is 5.83. The smallest absolute Gasteiger partial charge is 0.120 e. The van der Waals surface area contributed by atoms with Crippen LogP contribution in [0.4, 0.5) is 0 Å². The molecule has 3 heteroatoms. The molecule has 0 spiro atoms. The van der Waals surface area contributed by atoms with Gasteiger partial charge in [-0.2, -0.15) is 0 Å². The van der Waals surface area contributed by atoms with Crippen LogP contribution in [0.1, 0.15) is 6.42 Å². The van der Waals surface area contributed by atoms with Crippen molar-refractivity contribution in [1.82, 2.24) is 0 Å². The monoisotopic (exact) mass is 245 g/mol. The number of ether oxygens (including phenoxy) is 2. The maximum atomic E-state index is 5.64. The van der Waals surface area contributed by atoms with Gasteiger partial charge < -0.3 is 15.2 Å². The molecule has 0 aliphatic heterocycles. The summed E-state index contributed by atoms with van der Waals surface area (Å²) >= 11 is 0. The third-order valence-electron chi connectivity index (χ3n) is 2.71. The van der Waals surface area contributed by atoms with Crippen LogP contribution in [-0.4, -0.2) is 26.4 Å². The first-order valence-corrected chi connectivity index (χ1v) is 6.29. The van der Waals surface area contributed by atoms with Gasteiger partial charge in [-0.15, -0.1) is 0 Å². The van der Waals surface area contributed by atoms with Crippen molar-refractivity contribution in [3.05, 3.63) is 42.5 Å². The van der Waals surface area contributed by atoms with Crippen LogP contribution < -0.4 is 10.5 Å². The van der Waals surface area contributed by atoms with Gasteiger partial charge in [0.25, 0.3) is 0 Å². The molecule has 0 radical (unpaired) electrons. The second-order valence-electron chi connectivity index (χ2n) is 4.11. The summed E-state index contributed by atoms with van der Waals surface area (Å²) < 4.78 is 11.0. The number of benzene rings is 2. The number of rotatable bonds is 7. The van der Waals surface area contributed by atoms with Crippen molar-refractivity contribution in [2.24, 2.45) is 5.73 Å². The molecular formula is C15H19NO2. The molecule has 2 N–H and O–H groups in total. The minimum Gasteiger partial charge on any atom is -0.491 e. The zero-order valence-corrected chi connectivity index (χ0v) is 10.5. The van der Waals surface area contributed by atoms with E-state index in [4.69, 9.17) is 15.2 Å². The topological polar surface area (TPSA) is 44.5 Å². The average molecular weight is 245 g/mol. The highest BCUT2D eigenvalue weighted by Gasteiger charge is 1.97. The lowest BCUT2D eigenvalue weighted by Gasteiger charge is -2.07. The first-order chi connectivity index (χ1) is 8.90. The molecule has 2 aromatic rings. The second kappa shape index (κ2) is 6.99. The molecule has 2 rings (SSSR count). The number of fused-ring (bicyclic) bond motifs is 1. The van der Waals surface area contributed by atoms with E-state index in [-0.39, 0.29) is 0 Å². The Labute approximate surface area is 108 Å². The summed E-state index contributed by atoms with van der Waals surface area (Å²) in [4.78, 5) is 0. The maximum absolute atomic E-state index is 5.64. The minimum atomic E-state index is 0.572. The molecule has 0 bridgehead atoms. The third-order valence-corrected chi connectivity index (χ3v) is 2.71. The molecule has 0 heterocycles. The van der Waals surface area contributed by atoms with E-state index >= 15 is 0 Å². The lowest BCUT2D eigenvalue weighted by atomic mass is 10.1. The van der Waals surface area contributed by atoms with Gasteiger partial charge in [0.05, 0.1) is 6.61 Å². The van der Waals surface area contributed by atoms with Crippen LogP contribution in [0.5, 0.6) is 5.75 Å². The van der Waals surface area contributed by atoms with Gasteiger partial charge in [-0.25, -0.2) is 0 Å². The number of nitrogens with two attached hydrogens (primary N) is 1. The number of hydrogen-bond acceptors (Lipinski definition) is 3. The van der Waals surface area contributed by atoms with Crippen molar-refractivity contribution < 1.29 is 9.47 Å². The van der Waals surface area contributed by atoms with Crippen LogP contribution in [0, 0.1) is 0 Å². The number of hydrogen-bond donors (Lipinski definition) is 1. The molecule has 0 amide bonds. The molecule has 2 aromatic carbocycles. The SMILES string of the molecule is NCCCOCCOc1ccc2ccccc2c1. The van der Waals surface area contributed by atoms with Crippen molar-refractivity contribution in [1.29, 1.82) is 0 Å². The van der Waals surface area contributed by atoms with Gasteiger partial charge >= 0.3 is 0 Å². The van der Waals surface area contributed by atoms with Crippen LogP contribution in [0.3, 0.4) is 0 Å². The summed E-state index contributed by atoms with van der Waals surface area (Å²) in [5, 5.41) is 2.42. The molecule has 0 atom stereocenters. The predicted octanol–water partition coefficient (Wildman–Crippen LogP) is 2.58. The Morgan fingerprint density at radius 3 is 2.56 bits per heavy atom. The third kappa shape index (κ3) is 3.72. The Balaban J connectivity index is 1.81. The van der Waals surface area contributed by atoms with Crippen LogP contribution >= 0.6 is 0 Å². The van der Waals surface area contributed by atoms with Crippen LogP contribution in [0.15, 0.2) is 42.5 Å². The van der Waals surface area contributed by atoms with Crippen LogP contribution in [0.25, 0.3) is 10.8 Å². The summed E-state index contributed by atoms with van der Waals surface area (Å²) in [6.07, 6.45) is 0.899. The van der Waals surface area contributed by atoms with E-state index in [2.05, 4.69) is 24.3 Å². The average Bonchev–Trinajstić information content (AvgIpc) is 2.42. The molecule has 0 aliphatic carbocycles. The summed E-state index contributed by atoms with van der Waals surface area (Å²) in [6.45, 7) is 2.55. The Morgan fingerprint density at radius 2 is 1.72 bits per heavy atom. The minimum absolute atomic E-state index is 0.572. The van der Waals surface area contributed by atoms with E-state index in [0.29, 0.717) is 26.4 Å². The van der Waals surface area contributed by atoms with E-state index in [0.717, 1.165) is 12.2 Å². The van der Waals surface area contributed by atoms with Crippen LogP contribution in [0.2, 0.25) is 0 Å². The summed E-state index contributed by atoms with van der Waals surface area (Å²) in [6, 6.07) is 14.3. The standard InChI is InChI=1S/C15H19NO2/c16-8-3-9-17-10-11-18-15-7-6-13-4-1-2-5-14(13)12-15/h1-2,4-7,12H,3,8-11,16H2. The van der Waals surface area contributed by atoms with Gasteiger partial charge in [-0.05, 0) is 35.9 Å². The van der Waals surface area contributed by atoms with Gasteiger partial charge in [0.1, 0.15) is 12.4 Å². The Morgan fingerprint density at radius 1 is 0.889 bits per heavy atom. The quantitative estimate of drug-likeness (QED) is 0.762. The maximum Gasteiger partial charge on any atom is 0.120 e. The van der Waals surface area contributed by atoms with Gasteiger partial charge in [0.15, 0.2) is 0 Å². The first kappa shape index (κ1) is 12.9. The van der Waals surface area contributed by atoms with Gasteiger partial charge in [-0.1, -0.05) is 30.3 Å². The molecule has 0 saturated heterocycles. The summed E-state index contributed by atoms with van der Waals surface area (Å²) in [7, 11) is 0. The van der Waals surface area contributed by atoms with E-state index < -0.39 is 0 Å². The van der Waals surface area contributed by atoms with Crippen molar-refractivity contribution in [2.75, 3.05) is 26.4 Å². The summed E-state index contributed by atoms with van der Waals surface area (Å²) in [5.41, 5.74) is 5.38.